The highest BCUT2D eigenvalue weighted by Crippen LogP contribution is 2.20. The summed E-state index contributed by atoms with van der Waals surface area (Å²) in [6.07, 6.45) is 3.42. The smallest absolute Gasteiger partial charge is 0.221 e. The third-order valence-electron chi connectivity index (χ3n) is 3.35. The number of benzene rings is 2. The molecule has 0 saturated carbocycles. The molecule has 3 aromatic rings. The van der Waals surface area contributed by atoms with Crippen molar-refractivity contribution in [2.75, 3.05) is 0 Å². The average Bonchev–Trinajstić information content (AvgIpc) is 2.93. The maximum atomic E-state index is 11.1. The van der Waals surface area contributed by atoms with Gasteiger partial charge in [-0.05, 0) is 23.3 Å². The molecule has 0 aliphatic rings. The molecule has 1 amide bonds. The van der Waals surface area contributed by atoms with E-state index >= 15 is 0 Å². The minimum atomic E-state index is -0.380. The number of fused-ring (bicyclic) bond motifs is 1. The van der Waals surface area contributed by atoms with Crippen LogP contribution in [0.2, 0.25) is 0 Å². The van der Waals surface area contributed by atoms with Crippen LogP contribution in [0.25, 0.3) is 16.6 Å². The predicted octanol–water partition coefficient (Wildman–Crippen LogP) is 1.86. The monoisotopic (exact) mass is 294 g/mol. The van der Waals surface area contributed by atoms with E-state index in [4.69, 9.17) is 10.9 Å². The molecule has 22 heavy (non-hydrogen) atoms. The van der Waals surface area contributed by atoms with E-state index in [1.807, 2.05) is 48.7 Å². The zero-order valence-electron chi connectivity index (χ0n) is 11.7. The second-order valence-electron chi connectivity index (χ2n) is 4.91. The first kappa shape index (κ1) is 13.8. The molecule has 1 heterocycles. The Kier molecular flexibility index (Phi) is 3.57. The number of nitrogens with zero attached hydrogens (tertiary/aromatic N) is 3. The summed E-state index contributed by atoms with van der Waals surface area (Å²) >= 11 is 0. The first-order valence-corrected chi connectivity index (χ1v) is 6.71. The molecule has 0 unspecified atom stereocenters. The van der Waals surface area contributed by atoms with Crippen molar-refractivity contribution in [3.8, 4) is 5.69 Å². The maximum absolute atomic E-state index is 11.1. The first-order chi connectivity index (χ1) is 10.7. The lowest BCUT2D eigenvalue weighted by molar-refractivity contribution is -0.117. The van der Waals surface area contributed by atoms with Gasteiger partial charge in [0.2, 0.25) is 5.91 Å². The highest BCUT2D eigenvalue weighted by Gasteiger charge is 2.09. The van der Waals surface area contributed by atoms with Crippen molar-refractivity contribution in [3.63, 3.8) is 0 Å². The van der Waals surface area contributed by atoms with Crippen LogP contribution in [0.15, 0.2) is 53.8 Å². The van der Waals surface area contributed by atoms with Crippen molar-refractivity contribution in [3.05, 3.63) is 59.8 Å². The molecule has 1 aromatic heterocycles. The molecule has 0 bridgehead atoms. The van der Waals surface area contributed by atoms with Gasteiger partial charge in [0.15, 0.2) is 0 Å². The largest absolute Gasteiger partial charge is 0.411 e. The first-order valence-electron chi connectivity index (χ1n) is 6.71. The second kappa shape index (κ2) is 5.69. The molecule has 3 rings (SSSR count). The summed E-state index contributed by atoms with van der Waals surface area (Å²) in [6.45, 7) is 0. The zero-order chi connectivity index (χ0) is 15.5. The van der Waals surface area contributed by atoms with Crippen LogP contribution in [0.4, 0.5) is 0 Å². The number of carbonyl (C=O) groups excluding carboxylic acids is 1. The Hall–Kier alpha value is -3.15. The molecule has 6 nitrogen and oxygen atoms in total. The standard InChI is InChI=1S/C16H14N4O2/c17-15(21)8-12-2-1-3-13-10-20(19-16(12)13)14-6-4-11(5-7-14)9-18-22/h1-7,9-10,22H,8H2,(H2,17,21). The lowest BCUT2D eigenvalue weighted by Gasteiger charge is -2.01. The lowest BCUT2D eigenvalue weighted by Crippen LogP contribution is -2.13. The topological polar surface area (TPSA) is 93.5 Å². The summed E-state index contributed by atoms with van der Waals surface area (Å²) in [6, 6.07) is 13.1. The maximum Gasteiger partial charge on any atom is 0.221 e. The minimum Gasteiger partial charge on any atom is -0.411 e. The van der Waals surface area contributed by atoms with Gasteiger partial charge >= 0.3 is 0 Å². The number of amides is 1. The van der Waals surface area contributed by atoms with E-state index in [1.54, 1.807) is 4.68 Å². The van der Waals surface area contributed by atoms with Crippen LogP contribution >= 0.6 is 0 Å². The Morgan fingerprint density at radius 1 is 1.27 bits per heavy atom. The van der Waals surface area contributed by atoms with E-state index in [1.165, 1.54) is 6.21 Å². The van der Waals surface area contributed by atoms with E-state index in [-0.39, 0.29) is 12.3 Å². The summed E-state index contributed by atoms with van der Waals surface area (Å²) in [7, 11) is 0. The molecule has 0 aliphatic carbocycles. The third-order valence-corrected chi connectivity index (χ3v) is 3.35. The number of oxime groups is 1. The fourth-order valence-electron chi connectivity index (χ4n) is 2.35. The van der Waals surface area contributed by atoms with Crippen molar-refractivity contribution in [1.82, 2.24) is 9.78 Å². The van der Waals surface area contributed by atoms with Gasteiger partial charge in [-0.25, -0.2) is 4.68 Å². The van der Waals surface area contributed by atoms with E-state index in [9.17, 15) is 4.79 Å². The summed E-state index contributed by atoms with van der Waals surface area (Å²) in [5.74, 6) is -0.380. The van der Waals surface area contributed by atoms with Crippen molar-refractivity contribution < 1.29 is 10.0 Å². The van der Waals surface area contributed by atoms with E-state index in [0.717, 1.165) is 27.7 Å². The van der Waals surface area contributed by atoms with Gasteiger partial charge in [-0.1, -0.05) is 35.5 Å². The second-order valence-corrected chi connectivity index (χ2v) is 4.91. The minimum absolute atomic E-state index is 0.167. The van der Waals surface area contributed by atoms with Crippen LogP contribution < -0.4 is 5.73 Å². The Morgan fingerprint density at radius 3 is 2.73 bits per heavy atom. The lowest BCUT2D eigenvalue weighted by atomic mass is 10.1. The quantitative estimate of drug-likeness (QED) is 0.437. The molecule has 0 spiro atoms. The van der Waals surface area contributed by atoms with Gasteiger partial charge in [0, 0.05) is 11.6 Å². The number of primary amides is 1. The normalized spacial score (nSPS) is 11.3. The molecular weight excluding hydrogens is 280 g/mol. The Morgan fingerprint density at radius 2 is 2.05 bits per heavy atom. The van der Waals surface area contributed by atoms with Gasteiger partial charge < -0.3 is 10.9 Å². The summed E-state index contributed by atoms with van der Waals surface area (Å²) in [5, 5.41) is 17.0. The van der Waals surface area contributed by atoms with E-state index in [0.29, 0.717) is 0 Å². The molecular formula is C16H14N4O2. The van der Waals surface area contributed by atoms with Gasteiger partial charge in [0.25, 0.3) is 0 Å². The predicted molar refractivity (Wildman–Crippen MR) is 83.3 cm³/mol. The van der Waals surface area contributed by atoms with Gasteiger partial charge in [0.05, 0.1) is 23.8 Å². The number of rotatable bonds is 4. The van der Waals surface area contributed by atoms with Crippen molar-refractivity contribution in [2.24, 2.45) is 10.9 Å². The molecule has 0 atom stereocenters. The van der Waals surface area contributed by atoms with Crippen LogP contribution in [0, 0.1) is 0 Å². The van der Waals surface area contributed by atoms with E-state index < -0.39 is 0 Å². The Bertz CT molecular complexity index is 850. The highest BCUT2D eigenvalue weighted by molar-refractivity contribution is 5.87. The Labute approximate surface area is 126 Å². The number of carbonyl (C=O) groups is 1. The molecule has 0 saturated heterocycles. The number of nitrogens with two attached hydrogens (primary N) is 1. The van der Waals surface area contributed by atoms with Crippen LogP contribution in [-0.4, -0.2) is 27.1 Å². The van der Waals surface area contributed by atoms with Gasteiger partial charge in [-0.15, -0.1) is 0 Å². The third kappa shape index (κ3) is 2.67. The molecule has 3 N–H and O–H groups in total. The van der Waals surface area contributed by atoms with Crippen LogP contribution in [0.1, 0.15) is 11.1 Å². The molecule has 0 aliphatic heterocycles. The average molecular weight is 294 g/mol. The summed E-state index contributed by atoms with van der Waals surface area (Å²) in [4.78, 5) is 11.1. The van der Waals surface area contributed by atoms with Crippen molar-refractivity contribution in [1.29, 1.82) is 0 Å². The van der Waals surface area contributed by atoms with Crippen LogP contribution in [0.3, 0.4) is 0 Å². The molecule has 0 radical (unpaired) electrons. The molecule has 6 heteroatoms. The van der Waals surface area contributed by atoms with Gasteiger partial charge in [-0.2, -0.15) is 5.10 Å². The van der Waals surface area contributed by atoms with Gasteiger partial charge in [0.1, 0.15) is 0 Å². The van der Waals surface area contributed by atoms with Gasteiger partial charge in [-0.3, -0.25) is 4.79 Å². The summed E-state index contributed by atoms with van der Waals surface area (Å²) < 4.78 is 1.75. The van der Waals surface area contributed by atoms with Crippen LogP contribution in [-0.2, 0) is 11.2 Å². The molecule has 0 fully saturated rings. The van der Waals surface area contributed by atoms with Crippen LogP contribution in [0.5, 0.6) is 0 Å². The molecule has 2 aromatic carbocycles. The Balaban J connectivity index is 2.02. The van der Waals surface area contributed by atoms with Crippen molar-refractivity contribution >= 4 is 23.0 Å². The zero-order valence-corrected chi connectivity index (χ0v) is 11.7. The number of hydrogen-bond donors (Lipinski definition) is 2. The van der Waals surface area contributed by atoms with Crippen molar-refractivity contribution in [2.45, 2.75) is 6.42 Å². The number of aromatic nitrogens is 2. The highest BCUT2D eigenvalue weighted by atomic mass is 16.4. The SMILES string of the molecule is NC(=O)Cc1cccc2cn(-c3ccc(C=NO)cc3)nc12. The fourth-order valence-corrected chi connectivity index (χ4v) is 2.35. The fraction of sp³-hybridized carbons (Fsp3) is 0.0625. The number of hydrogen-bond acceptors (Lipinski definition) is 4. The summed E-state index contributed by atoms with van der Waals surface area (Å²) in [5.41, 5.74) is 8.51. The van der Waals surface area contributed by atoms with E-state index in [2.05, 4.69) is 10.3 Å². The molecule has 110 valence electrons.